The van der Waals surface area contributed by atoms with Crippen LogP contribution in [0.5, 0.6) is 0 Å². The number of rotatable bonds is 4. The molecule has 1 aromatic carbocycles. The molecule has 0 spiro atoms. The van der Waals surface area contributed by atoms with Crippen molar-refractivity contribution in [3.05, 3.63) is 35.4 Å². The predicted octanol–water partition coefficient (Wildman–Crippen LogP) is 1.02. The Morgan fingerprint density at radius 3 is 2.65 bits per heavy atom. The summed E-state index contributed by atoms with van der Waals surface area (Å²) < 4.78 is 0. The van der Waals surface area contributed by atoms with Gasteiger partial charge in [-0.25, -0.2) is 0 Å². The monoisotopic (exact) mass is 292 g/mol. The van der Waals surface area contributed by atoms with Crippen LogP contribution in [0.1, 0.15) is 23.4 Å². The molecule has 4 N–H and O–H groups in total. The number of hydrogen-bond donors (Lipinski definition) is 4. The molecule has 0 amide bonds. The first kappa shape index (κ1) is 14.4. The largest absolute Gasteiger partial charge is 0.313 e. The number of nitrogens with one attached hydrogen (secondary N) is 4. The van der Waals surface area contributed by atoms with Crippen LogP contribution in [0, 0.1) is 0 Å². The van der Waals surface area contributed by atoms with Gasteiger partial charge in [-0.3, -0.25) is 10.6 Å². The first-order chi connectivity index (χ1) is 9.81. The van der Waals surface area contributed by atoms with Crippen LogP contribution >= 0.6 is 11.8 Å². The Labute approximate surface area is 125 Å². The van der Waals surface area contributed by atoms with Gasteiger partial charge in [-0.1, -0.05) is 31.2 Å². The van der Waals surface area contributed by atoms with Gasteiger partial charge < -0.3 is 10.6 Å². The highest BCUT2D eigenvalue weighted by Crippen LogP contribution is 2.34. The normalized spacial score (nSPS) is 30.6. The minimum atomic E-state index is 0.385. The SMILES string of the molecule is CC1CNC(c2ccc(CNC3CNCCN3)cc2)S1. The molecule has 1 aromatic rings. The summed E-state index contributed by atoms with van der Waals surface area (Å²) in [7, 11) is 0. The van der Waals surface area contributed by atoms with Crippen LogP contribution in [0.4, 0.5) is 0 Å². The Balaban J connectivity index is 1.50. The van der Waals surface area contributed by atoms with Gasteiger partial charge in [-0.15, -0.1) is 11.8 Å². The van der Waals surface area contributed by atoms with Gasteiger partial charge in [0.05, 0.1) is 11.5 Å². The predicted molar refractivity (Wildman–Crippen MR) is 85.7 cm³/mol. The van der Waals surface area contributed by atoms with Gasteiger partial charge in [0, 0.05) is 38.0 Å². The molecule has 0 bridgehead atoms. The third-order valence-corrected chi connectivity index (χ3v) is 5.18. The van der Waals surface area contributed by atoms with E-state index in [1.807, 2.05) is 11.8 Å². The summed E-state index contributed by atoms with van der Waals surface area (Å²) in [6.45, 7) is 7.41. The lowest BCUT2D eigenvalue weighted by molar-refractivity contribution is 0.359. The fourth-order valence-corrected chi connectivity index (χ4v) is 3.81. The number of thioether (sulfide) groups is 1. The Hall–Kier alpha value is -0.590. The lowest BCUT2D eigenvalue weighted by atomic mass is 10.1. The Morgan fingerprint density at radius 2 is 2.00 bits per heavy atom. The minimum Gasteiger partial charge on any atom is -0.313 e. The molecule has 2 saturated heterocycles. The lowest BCUT2D eigenvalue weighted by Gasteiger charge is -2.25. The molecule has 5 heteroatoms. The maximum absolute atomic E-state index is 3.55. The zero-order valence-corrected chi connectivity index (χ0v) is 12.8. The summed E-state index contributed by atoms with van der Waals surface area (Å²) in [5.41, 5.74) is 2.73. The first-order valence-electron chi connectivity index (χ1n) is 7.46. The molecule has 2 aliphatic heterocycles. The van der Waals surface area contributed by atoms with Crippen LogP contribution < -0.4 is 21.3 Å². The first-order valence-corrected chi connectivity index (χ1v) is 8.41. The van der Waals surface area contributed by atoms with E-state index in [-0.39, 0.29) is 0 Å². The molecule has 4 nitrogen and oxygen atoms in total. The molecule has 0 aliphatic carbocycles. The average Bonchev–Trinajstić information content (AvgIpc) is 2.93. The number of piperazine rings is 1. The molecule has 3 atom stereocenters. The van der Waals surface area contributed by atoms with Gasteiger partial charge in [0.15, 0.2) is 0 Å². The number of hydrogen-bond acceptors (Lipinski definition) is 5. The van der Waals surface area contributed by atoms with Crippen LogP contribution in [0.2, 0.25) is 0 Å². The molecule has 0 radical (unpaired) electrons. The molecule has 3 rings (SSSR count). The van der Waals surface area contributed by atoms with Gasteiger partial charge in [-0.05, 0) is 11.1 Å². The molecular weight excluding hydrogens is 268 g/mol. The summed E-state index contributed by atoms with van der Waals surface area (Å²) in [6, 6.07) is 8.99. The molecule has 20 heavy (non-hydrogen) atoms. The van der Waals surface area contributed by atoms with Gasteiger partial charge in [0.1, 0.15) is 0 Å². The van der Waals surface area contributed by atoms with Crippen LogP contribution in [0.3, 0.4) is 0 Å². The topological polar surface area (TPSA) is 48.1 Å². The summed E-state index contributed by atoms with van der Waals surface area (Å²) in [4.78, 5) is 0. The summed E-state index contributed by atoms with van der Waals surface area (Å²) in [5, 5.41) is 15.1. The van der Waals surface area contributed by atoms with Crippen molar-refractivity contribution in [3.8, 4) is 0 Å². The highest BCUT2D eigenvalue weighted by molar-refractivity contribution is 8.00. The van der Waals surface area contributed by atoms with Crippen molar-refractivity contribution in [2.75, 3.05) is 26.2 Å². The quantitative estimate of drug-likeness (QED) is 0.667. The molecule has 0 aromatic heterocycles. The smallest absolute Gasteiger partial charge is 0.0792 e. The van der Waals surface area contributed by atoms with Crippen molar-refractivity contribution in [1.29, 1.82) is 0 Å². The standard InChI is InChI=1S/C15H24N4S/c1-11-8-19-15(20-11)13-4-2-12(3-5-13)9-18-14-10-16-6-7-17-14/h2-5,11,14-19H,6-10H2,1H3. The van der Waals surface area contributed by atoms with E-state index < -0.39 is 0 Å². The molecular formula is C15H24N4S. The van der Waals surface area contributed by atoms with Crippen molar-refractivity contribution in [2.24, 2.45) is 0 Å². The van der Waals surface area contributed by atoms with E-state index in [0.29, 0.717) is 16.8 Å². The summed E-state index contributed by atoms with van der Waals surface area (Å²) >= 11 is 2.02. The van der Waals surface area contributed by atoms with Crippen molar-refractivity contribution in [1.82, 2.24) is 21.3 Å². The van der Waals surface area contributed by atoms with Crippen LogP contribution in [-0.2, 0) is 6.54 Å². The summed E-state index contributed by atoms with van der Waals surface area (Å²) in [6.07, 6.45) is 0.385. The fraction of sp³-hybridized carbons (Fsp3) is 0.600. The summed E-state index contributed by atoms with van der Waals surface area (Å²) in [5.74, 6) is 0. The Bertz CT molecular complexity index is 416. The van der Waals surface area contributed by atoms with Crippen molar-refractivity contribution in [2.45, 2.75) is 30.3 Å². The van der Waals surface area contributed by atoms with E-state index in [1.165, 1.54) is 11.1 Å². The van der Waals surface area contributed by atoms with E-state index in [0.717, 1.165) is 32.7 Å². The third kappa shape index (κ3) is 3.74. The van der Waals surface area contributed by atoms with Crippen molar-refractivity contribution in [3.63, 3.8) is 0 Å². The van der Waals surface area contributed by atoms with Crippen molar-refractivity contribution >= 4 is 11.8 Å². The zero-order chi connectivity index (χ0) is 13.8. The highest BCUT2D eigenvalue weighted by Gasteiger charge is 2.22. The fourth-order valence-electron chi connectivity index (χ4n) is 2.65. The third-order valence-electron chi connectivity index (χ3n) is 3.84. The van der Waals surface area contributed by atoms with E-state index in [9.17, 15) is 0 Å². The van der Waals surface area contributed by atoms with Gasteiger partial charge in [0.2, 0.25) is 0 Å². The van der Waals surface area contributed by atoms with Crippen LogP contribution in [0.25, 0.3) is 0 Å². The van der Waals surface area contributed by atoms with E-state index >= 15 is 0 Å². The zero-order valence-electron chi connectivity index (χ0n) is 12.0. The molecule has 2 heterocycles. The Kier molecular flexibility index (Phi) is 4.96. The number of benzene rings is 1. The average molecular weight is 292 g/mol. The molecule has 2 fully saturated rings. The Morgan fingerprint density at radius 1 is 1.15 bits per heavy atom. The van der Waals surface area contributed by atoms with Gasteiger partial charge >= 0.3 is 0 Å². The maximum atomic E-state index is 3.55. The van der Waals surface area contributed by atoms with E-state index in [1.54, 1.807) is 0 Å². The van der Waals surface area contributed by atoms with Crippen LogP contribution in [-0.4, -0.2) is 37.6 Å². The molecule has 2 aliphatic rings. The second-order valence-electron chi connectivity index (χ2n) is 5.57. The van der Waals surface area contributed by atoms with Crippen LogP contribution in [0.15, 0.2) is 24.3 Å². The lowest BCUT2D eigenvalue weighted by Crippen LogP contribution is -2.55. The second-order valence-corrected chi connectivity index (χ2v) is 7.12. The van der Waals surface area contributed by atoms with Gasteiger partial charge in [0.25, 0.3) is 0 Å². The van der Waals surface area contributed by atoms with E-state index in [4.69, 9.17) is 0 Å². The minimum absolute atomic E-state index is 0.385. The van der Waals surface area contributed by atoms with Crippen molar-refractivity contribution < 1.29 is 0 Å². The second kappa shape index (κ2) is 6.91. The maximum Gasteiger partial charge on any atom is 0.0792 e. The highest BCUT2D eigenvalue weighted by atomic mass is 32.2. The molecule has 110 valence electrons. The molecule has 3 unspecified atom stereocenters. The van der Waals surface area contributed by atoms with Gasteiger partial charge in [-0.2, -0.15) is 0 Å². The molecule has 0 saturated carbocycles. The van der Waals surface area contributed by atoms with E-state index in [2.05, 4.69) is 52.5 Å².